The molecule has 2 rings (SSSR count). The number of hydrogen-bond donors (Lipinski definition) is 2. The van der Waals surface area contributed by atoms with E-state index in [9.17, 15) is 4.79 Å². The van der Waals surface area contributed by atoms with E-state index < -0.39 is 5.97 Å². The highest BCUT2D eigenvalue weighted by Crippen LogP contribution is 2.22. The van der Waals surface area contributed by atoms with Crippen LogP contribution in [0.1, 0.15) is 40.9 Å². The van der Waals surface area contributed by atoms with Gasteiger partial charge in [0.15, 0.2) is 0 Å². The van der Waals surface area contributed by atoms with Crippen molar-refractivity contribution < 1.29 is 9.90 Å². The summed E-state index contributed by atoms with van der Waals surface area (Å²) in [6.45, 7) is 7.99. The zero-order valence-electron chi connectivity index (χ0n) is 13.4. The van der Waals surface area contributed by atoms with Gasteiger partial charge < -0.3 is 10.4 Å². The number of benzene rings is 2. The van der Waals surface area contributed by atoms with Crippen LogP contribution in [0.2, 0.25) is 0 Å². The maximum absolute atomic E-state index is 11.0. The maximum atomic E-state index is 11.0. The van der Waals surface area contributed by atoms with Crippen LogP contribution in [0.25, 0.3) is 0 Å². The summed E-state index contributed by atoms with van der Waals surface area (Å²) in [6, 6.07) is 15.7. The molecule has 2 aromatic carbocycles. The molecule has 2 aromatic rings. The molecule has 0 aliphatic rings. The number of aryl methyl sites for hydroxylation is 1. The molecule has 116 valence electrons. The van der Waals surface area contributed by atoms with Gasteiger partial charge in [0.25, 0.3) is 0 Å². The number of rotatable bonds is 6. The molecule has 2 N–H and O–H groups in total. The normalized spacial score (nSPS) is 11.4. The van der Waals surface area contributed by atoms with E-state index in [0.29, 0.717) is 12.1 Å². The van der Waals surface area contributed by atoms with Gasteiger partial charge in [-0.05, 0) is 30.2 Å². The van der Waals surface area contributed by atoms with Gasteiger partial charge in [-0.1, -0.05) is 55.8 Å². The summed E-state index contributed by atoms with van der Waals surface area (Å²) >= 11 is 0. The van der Waals surface area contributed by atoms with Gasteiger partial charge in [-0.25, -0.2) is 4.79 Å². The molecular weight excluding hydrogens is 274 g/mol. The van der Waals surface area contributed by atoms with Crippen LogP contribution in [0.3, 0.4) is 0 Å². The molecule has 0 aliphatic carbocycles. The average Bonchev–Trinajstić information content (AvgIpc) is 2.48. The molecule has 0 heterocycles. The molecule has 0 bridgehead atoms. The minimum Gasteiger partial charge on any atom is -0.478 e. The number of hydrogen-bond acceptors (Lipinski definition) is 2. The molecule has 0 fully saturated rings. The number of aromatic carboxylic acids is 1. The Morgan fingerprint density at radius 3 is 2.45 bits per heavy atom. The summed E-state index contributed by atoms with van der Waals surface area (Å²) < 4.78 is 0. The third-order valence-electron chi connectivity index (χ3n) is 3.90. The maximum Gasteiger partial charge on any atom is 0.335 e. The van der Waals surface area contributed by atoms with Crippen molar-refractivity contribution in [1.82, 2.24) is 5.32 Å². The Balaban J connectivity index is 1.96. The predicted molar refractivity (Wildman–Crippen MR) is 89.3 cm³/mol. The Kier molecular flexibility index (Phi) is 4.99. The molecule has 0 atom stereocenters. The van der Waals surface area contributed by atoms with Crippen LogP contribution in [0.15, 0.2) is 48.5 Å². The van der Waals surface area contributed by atoms with Crippen LogP contribution < -0.4 is 5.32 Å². The lowest BCUT2D eigenvalue weighted by molar-refractivity contribution is 0.0696. The Morgan fingerprint density at radius 2 is 1.82 bits per heavy atom. The van der Waals surface area contributed by atoms with E-state index in [2.05, 4.69) is 50.4 Å². The van der Waals surface area contributed by atoms with E-state index >= 15 is 0 Å². The molecule has 0 saturated heterocycles. The van der Waals surface area contributed by atoms with Crippen LogP contribution >= 0.6 is 0 Å². The molecule has 0 aliphatic heterocycles. The largest absolute Gasteiger partial charge is 0.478 e. The standard InChI is InChI=1S/C19H23NO2/c1-14-7-9-17(10-8-14)19(2,3)13-20-12-15-5-4-6-16(11-15)18(21)22/h4-11,20H,12-13H2,1-3H3,(H,21,22). The lowest BCUT2D eigenvalue weighted by atomic mass is 9.84. The van der Waals surface area contributed by atoms with Crippen LogP contribution in [-0.4, -0.2) is 17.6 Å². The first kappa shape index (κ1) is 16.2. The minimum atomic E-state index is -0.887. The Labute approximate surface area is 132 Å². The van der Waals surface area contributed by atoms with Gasteiger partial charge in [0, 0.05) is 18.5 Å². The van der Waals surface area contributed by atoms with E-state index in [-0.39, 0.29) is 5.41 Å². The topological polar surface area (TPSA) is 49.3 Å². The molecule has 0 radical (unpaired) electrons. The fourth-order valence-corrected chi connectivity index (χ4v) is 2.44. The van der Waals surface area contributed by atoms with Gasteiger partial charge >= 0.3 is 5.97 Å². The van der Waals surface area contributed by atoms with Crippen LogP contribution in [-0.2, 0) is 12.0 Å². The third-order valence-corrected chi connectivity index (χ3v) is 3.90. The summed E-state index contributed by atoms with van der Waals surface area (Å²) in [5, 5.41) is 12.4. The zero-order chi connectivity index (χ0) is 16.2. The van der Waals surface area contributed by atoms with Crippen molar-refractivity contribution in [1.29, 1.82) is 0 Å². The SMILES string of the molecule is Cc1ccc(C(C)(C)CNCc2cccc(C(=O)O)c2)cc1. The van der Waals surface area contributed by atoms with E-state index in [1.807, 2.05) is 6.07 Å². The molecule has 3 nitrogen and oxygen atoms in total. The lowest BCUT2D eigenvalue weighted by Crippen LogP contribution is -2.32. The van der Waals surface area contributed by atoms with Crippen LogP contribution in [0, 0.1) is 6.92 Å². The molecule has 0 amide bonds. The van der Waals surface area contributed by atoms with Crippen molar-refractivity contribution in [3.05, 3.63) is 70.8 Å². The number of carboxylic acid groups (broad SMARTS) is 1. The highest BCUT2D eigenvalue weighted by atomic mass is 16.4. The zero-order valence-corrected chi connectivity index (χ0v) is 13.4. The fraction of sp³-hybridized carbons (Fsp3) is 0.316. The molecular formula is C19H23NO2. The van der Waals surface area contributed by atoms with Gasteiger partial charge in [-0.2, -0.15) is 0 Å². The predicted octanol–water partition coefficient (Wildman–Crippen LogP) is 3.76. The van der Waals surface area contributed by atoms with Crippen molar-refractivity contribution in [2.75, 3.05) is 6.54 Å². The Hall–Kier alpha value is -2.13. The van der Waals surface area contributed by atoms with Crippen molar-refractivity contribution in [3.8, 4) is 0 Å². The monoisotopic (exact) mass is 297 g/mol. The smallest absolute Gasteiger partial charge is 0.335 e. The first-order valence-electron chi connectivity index (χ1n) is 7.48. The highest BCUT2D eigenvalue weighted by molar-refractivity contribution is 5.87. The van der Waals surface area contributed by atoms with E-state index in [1.54, 1.807) is 18.2 Å². The summed E-state index contributed by atoms with van der Waals surface area (Å²) in [6.07, 6.45) is 0. The summed E-state index contributed by atoms with van der Waals surface area (Å²) in [5.41, 5.74) is 3.90. The summed E-state index contributed by atoms with van der Waals surface area (Å²) in [7, 11) is 0. The number of carbonyl (C=O) groups is 1. The minimum absolute atomic E-state index is 0.0259. The van der Waals surface area contributed by atoms with Crippen LogP contribution in [0.4, 0.5) is 0 Å². The number of nitrogens with one attached hydrogen (secondary N) is 1. The first-order chi connectivity index (χ1) is 10.4. The van der Waals surface area contributed by atoms with Crippen LogP contribution in [0.5, 0.6) is 0 Å². The van der Waals surface area contributed by atoms with Crippen molar-refractivity contribution in [2.45, 2.75) is 32.7 Å². The Morgan fingerprint density at radius 1 is 1.14 bits per heavy atom. The van der Waals surface area contributed by atoms with Gasteiger partial charge in [0.1, 0.15) is 0 Å². The molecule has 0 unspecified atom stereocenters. The fourth-order valence-electron chi connectivity index (χ4n) is 2.44. The van der Waals surface area contributed by atoms with E-state index in [1.165, 1.54) is 11.1 Å². The van der Waals surface area contributed by atoms with Crippen molar-refractivity contribution in [3.63, 3.8) is 0 Å². The molecule has 3 heteroatoms. The van der Waals surface area contributed by atoms with Gasteiger partial charge in [-0.15, -0.1) is 0 Å². The molecule has 0 spiro atoms. The third kappa shape index (κ3) is 4.18. The van der Waals surface area contributed by atoms with Gasteiger partial charge in [-0.3, -0.25) is 0 Å². The summed E-state index contributed by atoms with van der Waals surface area (Å²) in [5.74, 6) is -0.887. The van der Waals surface area contributed by atoms with Gasteiger partial charge in [0.05, 0.1) is 5.56 Å². The van der Waals surface area contributed by atoms with E-state index in [4.69, 9.17) is 5.11 Å². The molecule has 22 heavy (non-hydrogen) atoms. The van der Waals surface area contributed by atoms with E-state index in [0.717, 1.165) is 12.1 Å². The van der Waals surface area contributed by atoms with Crippen molar-refractivity contribution >= 4 is 5.97 Å². The average molecular weight is 297 g/mol. The quantitative estimate of drug-likeness (QED) is 0.853. The second kappa shape index (κ2) is 6.75. The number of carboxylic acids is 1. The van der Waals surface area contributed by atoms with Crippen molar-refractivity contribution in [2.24, 2.45) is 0 Å². The molecule has 0 saturated carbocycles. The highest BCUT2D eigenvalue weighted by Gasteiger charge is 2.19. The Bertz CT molecular complexity index is 645. The second-order valence-electron chi connectivity index (χ2n) is 6.36. The molecule has 0 aromatic heterocycles. The van der Waals surface area contributed by atoms with Gasteiger partial charge in [0.2, 0.25) is 0 Å². The first-order valence-corrected chi connectivity index (χ1v) is 7.48. The summed E-state index contributed by atoms with van der Waals surface area (Å²) in [4.78, 5) is 11.0. The second-order valence-corrected chi connectivity index (χ2v) is 6.36. The lowest BCUT2D eigenvalue weighted by Gasteiger charge is -2.26.